The van der Waals surface area contributed by atoms with Crippen LogP contribution in [0.15, 0.2) is 127 Å². The molecular weight excluding hydrogens is 868 g/mol. The molecule has 1 aliphatic heterocycles. The van der Waals surface area contributed by atoms with Crippen LogP contribution in [0.1, 0.15) is 129 Å². The SMILES string of the molecule is O=C(C[C@H](NC(=O)OCC1c2ccccc2-c2ccccc21)C(=O)N1CCS(=O)(=O)CC1)OC(c1ccccc1)(c1ccc(C2CCCCCCCCCCCC2)cc1)c1ccccc1Cl. The van der Waals surface area contributed by atoms with Gasteiger partial charge < -0.3 is 19.7 Å². The normalized spacial score (nSPS) is 18.5. The minimum absolute atomic E-state index is 0.00630. The van der Waals surface area contributed by atoms with Crippen LogP contribution >= 0.6 is 11.6 Å². The lowest BCUT2D eigenvalue weighted by Gasteiger charge is -2.37. The topological polar surface area (TPSA) is 119 Å². The quantitative estimate of drug-likeness (QED) is 0.103. The molecule has 0 radical (unpaired) electrons. The van der Waals surface area contributed by atoms with Crippen LogP contribution in [-0.4, -0.2) is 68.5 Å². The first kappa shape index (κ1) is 47.1. The number of hydrogen-bond acceptors (Lipinski definition) is 7. The maximum absolute atomic E-state index is 14.8. The predicted octanol–water partition coefficient (Wildman–Crippen LogP) is 11.5. The zero-order chi connectivity index (χ0) is 45.9. The molecule has 0 spiro atoms. The molecule has 3 aliphatic rings. The highest BCUT2D eigenvalue weighted by Crippen LogP contribution is 2.46. The number of nitrogens with zero attached hydrogens (tertiary/aromatic N) is 1. The average molecular weight is 930 g/mol. The molecule has 1 unspecified atom stereocenters. The number of esters is 1. The Morgan fingerprint density at radius 3 is 1.76 bits per heavy atom. The number of halogens is 1. The summed E-state index contributed by atoms with van der Waals surface area (Å²) in [6.07, 6.45) is 13.5. The number of amides is 2. The van der Waals surface area contributed by atoms with Crippen molar-refractivity contribution in [1.29, 1.82) is 0 Å². The molecule has 66 heavy (non-hydrogen) atoms. The fourth-order valence-corrected chi connectivity index (χ4v) is 11.7. The minimum atomic E-state index is -3.34. The fraction of sp³-hybridized carbons (Fsp3) is 0.400. The van der Waals surface area contributed by atoms with Gasteiger partial charge in [0.15, 0.2) is 15.4 Å². The summed E-state index contributed by atoms with van der Waals surface area (Å²) < 4.78 is 37.5. The molecule has 8 rings (SSSR count). The maximum Gasteiger partial charge on any atom is 0.407 e. The Bertz CT molecular complexity index is 2490. The Kier molecular flexibility index (Phi) is 15.6. The van der Waals surface area contributed by atoms with E-state index >= 15 is 0 Å². The van der Waals surface area contributed by atoms with Gasteiger partial charge in [-0.15, -0.1) is 0 Å². The van der Waals surface area contributed by atoms with Crippen LogP contribution in [0.3, 0.4) is 0 Å². The van der Waals surface area contributed by atoms with Crippen LogP contribution in [0.4, 0.5) is 4.79 Å². The third-order valence-corrected chi connectivity index (χ3v) is 15.7. The Morgan fingerprint density at radius 1 is 0.652 bits per heavy atom. The molecule has 11 heteroatoms. The number of sulfone groups is 1. The Labute approximate surface area is 395 Å². The summed E-state index contributed by atoms with van der Waals surface area (Å²) in [6.45, 7) is -0.145. The fourth-order valence-electron chi connectivity index (χ4n) is 10.2. The minimum Gasteiger partial charge on any atom is -0.449 e. The third kappa shape index (κ3) is 11.0. The number of carbonyl (C=O) groups excluding carboxylic acids is 3. The summed E-state index contributed by atoms with van der Waals surface area (Å²) >= 11 is 7.07. The second-order valence-electron chi connectivity index (χ2n) is 18.1. The van der Waals surface area contributed by atoms with Crippen LogP contribution < -0.4 is 5.32 Å². The molecule has 1 saturated carbocycles. The van der Waals surface area contributed by atoms with Crippen LogP contribution in [-0.2, 0) is 34.5 Å². The molecule has 1 saturated heterocycles. The van der Waals surface area contributed by atoms with Crippen molar-refractivity contribution >= 4 is 39.4 Å². The molecule has 5 aromatic carbocycles. The molecule has 2 amide bonds. The number of nitrogens with one attached hydrogen (secondary N) is 1. The van der Waals surface area contributed by atoms with Crippen molar-refractivity contribution in [2.24, 2.45) is 0 Å². The second-order valence-corrected chi connectivity index (χ2v) is 20.8. The van der Waals surface area contributed by atoms with Crippen molar-refractivity contribution in [3.63, 3.8) is 0 Å². The monoisotopic (exact) mass is 928 g/mol. The molecule has 9 nitrogen and oxygen atoms in total. The molecule has 1 N–H and O–H groups in total. The van der Waals surface area contributed by atoms with Gasteiger partial charge in [-0.3, -0.25) is 9.59 Å². The van der Waals surface area contributed by atoms with Gasteiger partial charge in [-0.25, -0.2) is 13.2 Å². The lowest BCUT2D eigenvalue weighted by atomic mass is 9.78. The van der Waals surface area contributed by atoms with Gasteiger partial charge in [0.05, 0.1) is 17.9 Å². The zero-order valence-electron chi connectivity index (χ0n) is 37.7. The van der Waals surface area contributed by atoms with E-state index in [1.54, 1.807) is 6.07 Å². The van der Waals surface area contributed by atoms with Crippen LogP contribution in [0.5, 0.6) is 0 Å². The molecule has 2 fully saturated rings. The van der Waals surface area contributed by atoms with E-state index in [4.69, 9.17) is 21.1 Å². The van der Waals surface area contributed by atoms with Gasteiger partial charge in [-0.05, 0) is 52.6 Å². The van der Waals surface area contributed by atoms with Gasteiger partial charge in [0.25, 0.3) is 0 Å². The molecule has 0 aromatic heterocycles. The number of alkyl carbamates (subject to hydrolysis) is 1. The Hall–Kier alpha value is -5.45. The third-order valence-electron chi connectivity index (χ3n) is 13.8. The first-order valence-electron chi connectivity index (χ1n) is 23.9. The lowest BCUT2D eigenvalue weighted by molar-refractivity contribution is -0.156. The molecule has 1 heterocycles. The van der Waals surface area contributed by atoms with Crippen molar-refractivity contribution < 1.29 is 32.3 Å². The Balaban J connectivity index is 1.09. The summed E-state index contributed by atoms with van der Waals surface area (Å²) in [5.74, 6) is -1.64. The van der Waals surface area contributed by atoms with E-state index in [1.165, 1.54) is 74.7 Å². The number of fused-ring (bicyclic) bond motifs is 3. The van der Waals surface area contributed by atoms with E-state index in [0.717, 1.165) is 35.1 Å². The number of hydrogen-bond donors (Lipinski definition) is 1. The molecule has 0 bridgehead atoms. The van der Waals surface area contributed by atoms with Gasteiger partial charge in [0, 0.05) is 40.7 Å². The summed E-state index contributed by atoms with van der Waals surface area (Å²) in [4.78, 5) is 44.4. The Morgan fingerprint density at radius 2 is 1.17 bits per heavy atom. The second kappa shape index (κ2) is 21.9. The average Bonchev–Trinajstić information content (AvgIpc) is 3.66. The van der Waals surface area contributed by atoms with Crippen molar-refractivity contribution in [2.45, 2.75) is 107 Å². The van der Waals surface area contributed by atoms with Crippen molar-refractivity contribution in [1.82, 2.24) is 10.2 Å². The van der Waals surface area contributed by atoms with E-state index in [9.17, 15) is 22.8 Å². The predicted molar refractivity (Wildman–Crippen MR) is 260 cm³/mol. The van der Waals surface area contributed by atoms with Gasteiger partial charge in [0.2, 0.25) is 5.91 Å². The van der Waals surface area contributed by atoms with Crippen LogP contribution in [0, 0.1) is 0 Å². The van der Waals surface area contributed by atoms with Gasteiger partial charge in [-0.2, -0.15) is 0 Å². The van der Waals surface area contributed by atoms with E-state index in [1.807, 2.05) is 109 Å². The number of carbonyl (C=O) groups is 3. The number of ether oxygens (including phenoxy) is 2. The largest absolute Gasteiger partial charge is 0.449 e. The zero-order valence-corrected chi connectivity index (χ0v) is 39.2. The standard InChI is InChI=1S/C55H61ClN2O7S/c56-50-29-19-18-28-49(50)55(42-22-12-9-13-23-42,43-32-30-41(31-33-43)40-20-10-7-5-3-1-2-4-6-8-11-21-40)65-52(59)38-51(53(60)58-34-36-66(62,63)37-35-58)57-54(61)64-39-48-46-26-16-14-24-44(46)45-25-15-17-27-47(45)48/h9,12-19,22-33,40,48,51H,1-8,10-11,20-21,34-39H2,(H,57,61)/t51-,55?/m0/s1. The van der Waals surface area contributed by atoms with Gasteiger partial charge >= 0.3 is 12.1 Å². The van der Waals surface area contributed by atoms with Crippen LogP contribution in [0.2, 0.25) is 5.02 Å². The van der Waals surface area contributed by atoms with Gasteiger partial charge in [-0.1, -0.05) is 197 Å². The molecule has 2 atom stereocenters. The molecular formula is C55H61ClN2O7S. The summed E-state index contributed by atoms with van der Waals surface area (Å²) in [7, 11) is -3.34. The van der Waals surface area contributed by atoms with Gasteiger partial charge in [0.1, 0.15) is 12.6 Å². The smallest absolute Gasteiger partial charge is 0.407 e. The van der Waals surface area contributed by atoms with Crippen molar-refractivity contribution in [2.75, 3.05) is 31.2 Å². The van der Waals surface area contributed by atoms with E-state index in [0.29, 0.717) is 27.6 Å². The van der Waals surface area contributed by atoms with E-state index < -0.39 is 45.9 Å². The number of benzene rings is 5. The van der Waals surface area contributed by atoms with E-state index in [-0.39, 0.29) is 37.1 Å². The van der Waals surface area contributed by atoms with Crippen molar-refractivity contribution in [3.8, 4) is 11.1 Å². The summed E-state index contributed by atoms with van der Waals surface area (Å²) in [5.41, 5.74) is 5.75. The molecule has 346 valence electrons. The first-order chi connectivity index (χ1) is 32.1. The summed E-state index contributed by atoms with van der Waals surface area (Å²) in [5, 5.41) is 3.08. The molecule has 5 aromatic rings. The van der Waals surface area contributed by atoms with Crippen molar-refractivity contribution in [3.05, 3.63) is 166 Å². The lowest BCUT2D eigenvalue weighted by Crippen LogP contribution is -2.54. The molecule has 2 aliphatic carbocycles. The highest BCUT2D eigenvalue weighted by molar-refractivity contribution is 7.91. The highest BCUT2D eigenvalue weighted by Gasteiger charge is 2.44. The maximum atomic E-state index is 14.8. The summed E-state index contributed by atoms with van der Waals surface area (Å²) in [6, 6.07) is 39.7. The number of rotatable bonds is 11. The van der Waals surface area contributed by atoms with Crippen LogP contribution in [0.25, 0.3) is 11.1 Å². The highest BCUT2D eigenvalue weighted by atomic mass is 35.5. The first-order valence-corrected chi connectivity index (χ1v) is 26.1. The van der Waals surface area contributed by atoms with E-state index in [2.05, 4.69) is 17.4 Å².